The summed E-state index contributed by atoms with van der Waals surface area (Å²) in [5.74, 6) is -0.606. The summed E-state index contributed by atoms with van der Waals surface area (Å²) in [6, 6.07) is 15.3. The molecule has 11 heteroatoms. The molecule has 7 nitrogen and oxygen atoms in total. The molecule has 1 heterocycles. The zero-order chi connectivity index (χ0) is 28.5. The molecule has 0 aromatic heterocycles. The highest BCUT2D eigenvalue weighted by Gasteiger charge is 2.44. The van der Waals surface area contributed by atoms with Crippen LogP contribution in [0.25, 0.3) is 11.1 Å². The summed E-state index contributed by atoms with van der Waals surface area (Å²) in [6.45, 7) is 6.71. The van der Waals surface area contributed by atoms with Crippen LogP contribution in [0.2, 0.25) is 0 Å². The molecular weight excluding hydrogens is 535 g/mol. The van der Waals surface area contributed by atoms with E-state index in [-0.39, 0.29) is 11.1 Å². The Kier molecular flexibility index (Phi) is 8.08. The minimum absolute atomic E-state index is 0.220. The van der Waals surface area contributed by atoms with Crippen LogP contribution >= 0.6 is 11.8 Å². The van der Waals surface area contributed by atoms with E-state index in [4.69, 9.17) is 21.3 Å². The third kappa shape index (κ3) is 5.26. The molecule has 0 saturated carbocycles. The number of hydrogen-bond acceptors (Lipinski definition) is 6. The van der Waals surface area contributed by atoms with E-state index in [0.717, 1.165) is 27.2 Å². The Hall–Kier alpha value is -3.76. The van der Waals surface area contributed by atoms with Gasteiger partial charge in [-0.05, 0) is 50.1 Å². The Morgan fingerprint density at radius 3 is 2.23 bits per heavy atom. The number of alkyl halides is 3. The number of anilines is 2. The molecule has 206 valence electrons. The van der Waals surface area contributed by atoms with Gasteiger partial charge in [-0.25, -0.2) is 9.59 Å². The Morgan fingerprint density at radius 2 is 1.69 bits per heavy atom. The van der Waals surface area contributed by atoms with E-state index in [2.05, 4.69) is 0 Å². The van der Waals surface area contributed by atoms with Gasteiger partial charge in [-0.15, -0.1) is 0 Å². The molecule has 1 atom stereocenters. The molecule has 0 spiro atoms. The monoisotopic (exact) mass is 561 g/mol. The van der Waals surface area contributed by atoms with Gasteiger partial charge in [0.1, 0.15) is 0 Å². The van der Waals surface area contributed by atoms with Gasteiger partial charge in [-0.1, -0.05) is 47.0 Å². The first-order chi connectivity index (χ1) is 18.5. The molecule has 1 amide bonds. The number of hydrazine groups is 1. The van der Waals surface area contributed by atoms with Crippen molar-refractivity contribution in [2.45, 2.75) is 33.2 Å². The van der Waals surface area contributed by atoms with Crippen molar-refractivity contribution in [1.82, 2.24) is 4.53 Å². The number of halogens is 4. The van der Waals surface area contributed by atoms with Crippen molar-refractivity contribution < 1.29 is 32.2 Å². The van der Waals surface area contributed by atoms with Crippen molar-refractivity contribution >= 4 is 35.2 Å². The van der Waals surface area contributed by atoms with Gasteiger partial charge in [-0.2, -0.15) is 18.2 Å². The minimum atomic E-state index is -4.52. The Morgan fingerprint density at radius 1 is 1.08 bits per heavy atom. The number of esters is 1. The third-order valence-corrected chi connectivity index (χ3v) is 6.93. The number of benzene rings is 3. The molecule has 1 unspecified atom stereocenters. The molecule has 1 aliphatic rings. The number of carbonyl (C=O) groups excluding carboxylic acids is 2. The lowest BCUT2D eigenvalue weighted by molar-refractivity contribution is -0.137. The van der Waals surface area contributed by atoms with E-state index in [1.807, 2.05) is 49.1 Å². The van der Waals surface area contributed by atoms with Crippen LogP contribution in [0.3, 0.4) is 0 Å². The fourth-order valence-electron chi connectivity index (χ4n) is 4.62. The van der Waals surface area contributed by atoms with Crippen molar-refractivity contribution in [1.29, 1.82) is 0 Å². The number of ether oxygens (including phenoxy) is 2. The number of amides is 1. The molecule has 1 saturated heterocycles. The molecule has 39 heavy (non-hydrogen) atoms. The van der Waals surface area contributed by atoms with Crippen LogP contribution in [0.15, 0.2) is 60.7 Å². The lowest BCUT2D eigenvalue weighted by Crippen LogP contribution is -2.36. The second kappa shape index (κ2) is 11.2. The molecule has 3 aromatic carbocycles. The van der Waals surface area contributed by atoms with Crippen molar-refractivity contribution in [2.75, 3.05) is 30.1 Å². The summed E-state index contributed by atoms with van der Waals surface area (Å²) in [5, 5.41) is 1.10. The summed E-state index contributed by atoms with van der Waals surface area (Å²) in [4.78, 5) is 28.2. The predicted octanol–water partition coefficient (Wildman–Crippen LogP) is 7.34. The third-order valence-electron chi connectivity index (χ3n) is 6.60. The van der Waals surface area contributed by atoms with Crippen molar-refractivity contribution in [3.05, 3.63) is 82.9 Å². The van der Waals surface area contributed by atoms with E-state index >= 15 is 0 Å². The molecule has 3 aromatic rings. The zero-order valence-corrected chi connectivity index (χ0v) is 22.5. The number of carbonyl (C=O) groups is 2. The zero-order valence-electron chi connectivity index (χ0n) is 21.8. The van der Waals surface area contributed by atoms with E-state index in [1.54, 1.807) is 13.0 Å². The largest absolute Gasteiger partial charge is 0.465 e. The van der Waals surface area contributed by atoms with Crippen molar-refractivity contribution in [3.63, 3.8) is 0 Å². The van der Waals surface area contributed by atoms with Gasteiger partial charge in [0.25, 0.3) is 0 Å². The van der Waals surface area contributed by atoms with Crippen LogP contribution in [-0.4, -0.2) is 36.8 Å². The van der Waals surface area contributed by atoms with E-state index in [0.29, 0.717) is 35.6 Å². The van der Waals surface area contributed by atoms with Crippen LogP contribution in [0.4, 0.5) is 29.3 Å². The topological polar surface area (TPSA) is 62.3 Å². The number of nitrogens with zero attached hydrogens (tertiary/aromatic N) is 3. The number of rotatable bonds is 7. The SMILES string of the molecule is CCN(CC)c1c(-c2ccccc2)cc(C(=O)OC)c(C)c1N1C(=O)OC(c2ccc(C(F)(F)F)cc2)N1Cl. The van der Waals surface area contributed by atoms with Gasteiger partial charge in [0.2, 0.25) is 6.23 Å². The van der Waals surface area contributed by atoms with Crippen LogP contribution < -0.4 is 9.91 Å². The first-order valence-corrected chi connectivity index (χ1v) is 12.6. The highest BCUT2D eigenvalue weighted by molar-refractivity contribution is 6.18. The fraction of sp³-hybridized carbons (Fsp3) is 0.286. The Balaban J connectivity index is 1.93. The van der Waals surface area contributed by atoms with Gasteiger partial charge in [0, 0.05) is 36.0 Å². The normalized spacial score (nSPS) is 15.8. The molecule has 1 aliphatic heterocycles. The van der Waals surface area contributed by atoms with Crippen LogP contribution in [0.1, 0.15) is 47.1 Å². The van der Waals surface area contributed by atoms with Gasteiger partial charge in [-0.3, -0.25) is 0 Å². The Bertz CT molecular complexity index is 1360. The summed E-state index contributed by atoms with van der Waals surface area (Å²) >= 11 is 6.69. The first-order valence-electron chi connectivity index (χ1n) is 12.2. The molecular formula is C28H27ClF3N3O4. The quantitative estimate of drug-likeness (QED) is 0.222. The van der Waals surface area contributed by atoms with Gasteiger partial charge in [0.15, 0.2) is 0 Å². The van der Waals surface area contributed by atoms with Crippen LogP contribution in [0, 0.1) is 6.92 Å². The lowest BCUT2D eigenvalue weighted by atomic mass is 9.94. The summed E-state index contributed by atoms with van der Waals surface area (Å²) in [5.41, 5.74) is 2.42. The average molecular weight is 562 g/mol. The minimum Gasteiger partial charge on any atom is -0.465 e. The molecule has 0 N–H and O–H groups in total. The highest BCUT2D eigenvalue weighted by Crippen LogP contribution is 2.48. The lowest BCUT2D eigenvalue weighted by Gasteiger charge is -2.33. The smallest absolute Gasteiger partial charge is 0.432 e. The standard InChI is InChI=1S/C28H27ClF3N3O4/c1-5-33(6-2)24-22(18-10-8-7-9-11-18)16-21(26(36)38-4)17(3)23(24)34-27(37)39-25(35(34)29)19-12-14-20(15-13-19)28(30,31)32/h7-16,25H,5-6H2,1-4H3. The number of hydrogen-bond donors (Lipinski definition) is 0. The van der Waals surface area contributed by atoms with E-state index < -0.39 is 30.0 Å². The molecule has 4 rings (SSSR count). The highest BCUT2D eigenvalue weighted by atomic mass is 35.5. The van der Waals surface area contributed by atoms with Crippen molar-refractivity contribution in [2.24, 2.45) is 0 Å². The molecule has 0 bridgehead atoms. The van der Waals surface area contributed by atoms with E-state index in [9.17, 15) is 22.8 Å². The Labute approximate surface area is 229 Å². The maximum absolute atomic E-state index is 13.4. The first kappa shape index (κ1) is 28.3. The predicted molar refractivity (Wildman–Crippen MR) is 142 cm³/mol. The molecule has 0 aliphatic carbocycles. The van der Waals surface area contributed by atoms with Crippen LogP contribution in [-0.2, 0) is 15.7 Å². The second-order valence-corrected chi connectivity index (χ2v) is 9.13. The number of cyclic esters (lactones) is 1. The summed E-state index contributed by atoms with van der Waals surface area (Å²) in [7, 11) is 1.26. The summed E-state index contributed by atoms with van der Waals surface area (Å²) < 4.78 is 50.8. The molecule has 1 fully saturated rings. The molecule has 0 radical (unpaired) electrons. The average Bonchev–Trinajstić information content (AvgIpc) is 3.22. The summed E-state index contributed by atoms with van der Waals surface area (Å²) in [6.07, 6.45) is -6.59. The second-order valence-electron chi connectivity index (χ2n) is 8.78. The maximum atomic E-state index is 13.4. The van der Waals surface area contributed by atoms with Crippen LogP contribution in [0.5, 0.6) is 0 Å². The van der Waals surface area contributed by atoms with Gasteiger partial charge >= 0.3 is 18.2 Å². The van der Waals surface area contributed by atoms with Gasteiger partial charge < -0.3 is 14.4 Å². The van der Waals surface area contributed by atoms with Gasteiger partial charge in [0.05, 0.1) is 29.6 Å². The number of methoxy groups -OCH3 is 1. The maximum Gasteiger partial charge on any atom is 0.432 e. The fourth-order valence-corrected chi connectivity index (χ4v) is 4.91. The van der Waals surface area contributed by atoms with Crippen molar-refractivity contribution in [3.8, 4) is 11.1 Å². The van der Waals surface area contributed by atoms with E-state index in [1.165, 1.54) is 19.2 Å².